The molecule has 0 saturated heterocycles. The van der Waals surface area contributed by atoms with Gasteiger partial charge in [-0.05, 0) is 74.1 Å². The summed E-state index contributed by atoms with van der Waals surface area (Å²) >= 11 is 1.46. The molecule has 0 spiro atoms. The molecule has 1 amide bonds. The van der Waals surface area contributed by atoms with Crippen LogP contribution in [0.25, 0.3) is 0 Å². The van der Waals surface area contributed by atoms with E-state index in [-0.39, 0.29) is 18.6 Å². The number of amides is 1. The normalized spacial score (nSPS) is 13.3. The number of hydrogen-bond donors (Lipinski definition) is 2. The van der Waals surface area contributed by atoms with Gasteiger partial charge in [0.25, 0.3) is 0 Å². The highest BCUT2D eigenvalue weighted by Crippen LogP contribution is 2.13. The van der Waals surface area contributed by atoms with Gasteiger partial charge in [0, 0.05) is 17.9 Å². The van der Waals surface area contributed by atoms with Crippen LogP contribution >= 0.6 is 11.8 Å². The van der Waals surface area contributed by atoms with E-state index in [2.05, 4.69) is 51.2 Å². The van der Waals surface area contributed by atoms with E-state index in [9.17, 15) is 19.5 Å². The van der Waals surface area contributed by atoms with Crippen molar-refractivity contribution in [3.63, 3.8) is 0 Å². The average Bonchev–Trinajstić information content (AvgIpc) is 2.67. The molecule has 7 heteroatoms. The number of aliphatic carboxylic acids is 1. The number of carbonyl (C=O) groups is 3. The zero-order valence-electron chi connectivity index (χ0n) is 21.5. The minimum atomic E-state index is -1.08. The molecule has 188 valence electrons. The fraction of sp³-hybridized carbons (Fsp3) is 0.654. The third kappa shape index (κ3) is 19.2. The van der Waals surface area contributed by atoms with Crippen LogP contribution in [0.3, 0.4) is 0 Å². The van der Waals surface area contributed by atoms with Crippen molar-refractivity contribution in [3.8, 4) is 0 Å². The maximum absolute atomic E-state index is 12.0. The third-order valence-electron chi connectivity index (χ3n) is 4.57. The second-order valence-corrected chi connectivity index (χ2v) is 10.6. The van der Waals surface area contributed by atoms with Gasteiger partial charge >= 0.3 is 11.9 Å². The summed E-state index contributed by atoms with van der Waals surface area (Å²) < 4.78 is 5.16. The van der Waals surface area contributed by atoms with Crippen molar-refractivity contribution in [1.29, 1.82) is 0 Å². The van der Waals surface area contributed by atoms with Crippen molar-refractivity contribution in [2.24, 2.45) is 0 Å². The number of carboxylic acids is 1. The van der Waals surface area contributed by atoms with Crippen molar-refractivity contribution in [2.45, 2.75) is 98.6 Å². The minimum Gasteiger partial charge on any atom is -0.480 e. The van der Waals surface area contributed by atoms with Crippen molar-refractivity contribution >= 4 is 29.6 Å². The molecule has 6 nitrogen and oxygen atoms in total. The summed E-state index contributed by atoms with van der Waals surface area (Å²) in [5.74, 6) is -1.07. The molecule has 0 radical (unpaired) electrons. The van der Waals surface area contributed by atoms with Crippen LogP contribution in [0, 0.1) is 0 Å². The highest BCUT2D eigenvalue weighted by atomic mass is 32.2. The largest absolute Gasteiger partial charge is 0.480 e. The molecule has 33 heavy (non-hydrogen) atoms. The number of nitrogens with one attached hydrogen (secondary N) is 1. The Morgan fingerprint density at radius 1 is 0.909 bits per heavy atom. The maximum atomic E-state index is 12.0. The summed E-state index contributed by atoms with van der Waals surface area (Å²) in [5.41, 5.74) is 3.41. The predicted molar refractivity (Wildman–Crippen MR) is 137 cm³/mol. The highest BCUT2D eigenvalue weighted by Gasteiger charge is 2.21. The summed E-state index contributed by atoms with van der Waals surface area (Å²) in [6, 6.07) is -0.985. The molecular formula is C26H43NO5S. The number of hydrogen-bond acceptors (Lipinski definition) is 5. The van der Waals surface area contributed by atoms with Gasteiger partial charge in [-0.15, -0.1) is 0 Å². The molecule has 1 atom stereocenters. The van der Waals surface area contributed by atoms with E-state index in [1.807, 2.05) is 0 Å². The monoisotopic (exact) mass is 481 g/mol. The molecule has 2 N–H and O–H groups in total. The highest BCUT2D eigenvalue weighted by molar-refractivity contribution is 7.99. The molecule has 0 aromatic carbocycles. The Morgan fingerprint density at radius 3 is 2.03 bits per heavy atom. The Hall–Kier alpha value is -2.02. The molecule has 0 aliphatic heterocycles. The van der Waals surface area contributed by atoms with Gasteiger partial charge in [-0.1, -0.05) is 34.9 Å². The first-order chi connectivity index (χ1) is 15.3. The number of carbonyl (C=O) groups excluding carboxylic acids is 2. The number of thioether (sulfide) groups is 1. The van der Waals surface area contributed by atoms with Crippen molar-refractivity contribution in [1.82, 2.24) is 5.32 Å². The molecule has 0 heterocycles. The molecule has 0 rings (SSSR count). The molecule has 0 bridgehead atoms. The van der Waals surface area contributed by atoms with E-state index in [1.54, 1.807) is 20.8 Å². The lowest BCUT2D eigenvalue weighted by Crippen LogP contribution is -2.42. The zero-order chi connectivity index (χ0) is 25.4. The summed E-state index contributed by atoms with van der Waals surface area (Å²) in [7, 11) is 0. The molecule has 0 aliphatic carbocycles. The smallest absolute Gasteiger partial charge is 0.327 e. The molecule has 0 aromatic heterocycles. The first kappa shape index (κ1) is 31.0. The number of allylic oxidation sites excluding steroid dienone is 5. The Labute approximate surface area is 204 Å². The summed E-state index contributed by atoms with van der Waals surface area (Å²) in [6.45, 7) is 13.7. The Balaban J connectivity index is 4.30. The Bertz CT molecular complexity index is 727. The maximum Gasteiger partial charge on any atom is 0.327 e. The van der Waals surface area contributed by atoms with Gasteiger partial charge in [0.2, 0.25) is 5.91 Å². The third-order valence-corrected chi connectivity index (χ3v) is 5.54. The van der Waals surface area contributed by atoms with Crippen LogP contribution < -0.4 is 5.32 Å². The van der Waals surface area contributed by atoms with Crippen LogP contribution in [0.1, 0.15) is 87.0 Å². The van der Waals surface area contributed by atoms with E-state index >= 15 is 0 Å². The van der Waals surface area contributed by atoms with Crippen LogP contribution in [0.5, 0.6) is 0 Å². The molecule has 0 unspecified atom stereocenters. The topological polar surface area (TPSA) is 92.7 Å². The van der Waals surface area contributed by atoms with Gasteiger partial charge in [-0.3, -0.25) is 9.59 Å². The van der Waals surface area contributed by atoms with E-state index < -0.39 is 29.5 Å². The standard InChI is InChI=1S/C26H43NO5S/c1-19(2)10-8-11-20(3)12-9-13-21(4)16-17-33-18-22(25(30)31)27-23(28)14-15-24(29)32-26(5,6)7/h10,12,16,22H,8-9,11,13-15,17-18H2,1-7H3,(H,27,28)(H,30,31)/b20-12+,21-16+/t22-/m0/s1. The second-order valence-electron chi connectivity index (χ2n) is 9.54. The number of esters is 1. The van der Waals surface area contributed by atoms with E-state index in [0.29, 0.717) is 5.75 Å². The van der Waals surface area contributed by atoms with E-state index in [0.717, 1.165) is 25.7 Å². The first-order valence-corrected chi connectivity index (χ1v) is 12.7. The van der Waals surface area contributed by atoms with Gasteiger partial charge in [-0.25, -0.2) is 4.79 Å². The van der Waals surface area contributed by atoms with Crippen LogP contribution in [0.2, 0.25) is 0 Å². The average molecular weight is 482 g/mol. The van der Waals surface area contributed by atoms with Crippen LogP contribution in [-0.4, -0.2) is 46.1 Å². The zero-order valence-corrected chi connectivity index (χ0v) is 22.3. The van der Waals surface area contributed by atoms with Crippen molar-refractivity contribution < 1.29 is 24.2 Å². The van der Waals surface area contributed by atoms with E-state index in [4.69, 9.17) is 4.74 Å². The number of ether oxygens (including phenoxy) is 1. The predicted octanol–water partition coefficient (Wildman–Crippen LogP) is 5.83. The van der Waals surface area contributed by atoms with Crippen LogP contribution in [-0.2, 0) is 19.1 Å². The summed E-state index contributed by atoms with van der Waals surface area (Å²) in [6.07, 6.45) is 10.6. The molecule has 0 saturated carbocycles. The SMILES string of the molecule is CC(C)=CCC/C(C)=C/CC/C(C)=C/CSC[C@H](NC(=O)CCC(=O)OC(C)(C)C)C(=O)O. The second kappa shape index (κ2) is 16.6. The van der Waals surface area contributed by atoms with Gasteiger partial charge in [-0.2, -0.15) is 11.8 Å². The fourth-order valence-electron chi connectivity index (χ4n) is 2.78. The van der Waals surface area contributed by atoms with Crippen LogP contribution in [0.15, 0.2) is 34.9 Å². The molecule has 0 aromatic rings. The van der Waals surface area contributed by atoms with Gasteiger partial charge in [0.05, 0.1) is 6.42 Å². The molecule has 0 fully saturated rings. The Kier molecular flexibility index (Phi) is 15.6. The van der Waals surface area contributed by atoms with Crippen molar-refractivity contribution in [2.75, 3.05) is 11.5 Å². The quantitative estimate of drug-likeness (QED) is 0.174. The first-order valence-electron chi connectivity index (χ1n) is 11.6. The van der Waals surface area contributed by atoms with Crippen LogP contribution in [0.4, 0.5) is 0 Å². The molecule has 0 aliphatic rings. The van der Waals surface area contributed by atoms with Gasteiger partial charge in [0.1, 0.15) is 11.6 Å². The number of carboxylic acid groups (broad SMARTS) is 1. The Morgan fingerprint density at radius 2 is 1.48 bits per heavy atom. The van der Waals surface area contributed by atoms with E-state index in [1.165, 1.54) is 28.5 Å². The summed E-state index contributed by atoms with van der Waals surface area (Å²) in [4.78, 5) is 35.2. The minimum absolute atomic E-state index is 0.0760. The van der Waals surface area contributed by atoms with Crippen molar-refractivity contribution in [3.05, 3.63) is 34.9 Å². The fourth-order valence-corrected chi connectivity index (χ4v) is 3.78. The lowest BCUT2D eigenvalue weighted by molar-refractivity contribution is -0.155. The number of rotatable bonds is 15. The molecular weight excluding hydrogens is 438 g/mol. The van der Waals surface area contributed by atoms with Gasteiger partial charge < -0.3 is 15.2 Å². The van der Waals surface area contributed by atoms with Gasteiger partial charge in [0.15, 0.2) is 0 Å². The lowest BCUT2D eigenvalue weighted by Gasteiger charge is -2.19. The lowest BCUT2D eigenvalue weighted by atomic mass is 10.1. The summed E-state index contributed by atoms with van der Waals surface area (Å²) in [5, 5.41) is 11.9.